The predicted molar refractivity (Wildman–Crippen MR) is 97.0 cm³/mol. The average Bonchev–Trinajstić information content (AvgIpc) is 3.20. The molecule has 0 aliphatic heterocycles. The smallest absolute Gasteiger partial charge is 0.124 e. The van der Waals surface area contributed by atoms with Crippen molar-refractivity contribution in [1.29, 1.82) is 0 Å². The molecule has 4 fully saturated rings. The molecule has 3 heteroatoms. The van der Waals surface area contributed by atoms with E-state index in [4.69, 9.17) is 4.52 Å². The summed E-state index contributed by atoms with van der Waals surface area (Å²) in [6.45, 7) is 4.62. The first-order valence-electron chi connectivity index (χ1n) is 10.6. The Bertz CT molecular complexity index is 624. The topological polar surface area (TPSA) is 46.3 Å². The van der Waals surface area contributed by atoms with E-state index in [-0.39, 0.29) is 0 Å². The van der Waals surface area contributed by atoms with Gasteiger partial charge in [-0.05, 0) is 99.7 Å². The highest BCUT2D eigenvalue weighted by molar-refractivity contribution is 5.17. The Hall–Kier alpha value is -0.830. The van der Waals surface area contributed by atoms with Crippen LogP contribution < -0.4 is 0 Å². The van der Waals surface area contributed by atoms with Gasteiger partial charge in [0.2, 0.25) is 0 Å². The van der Waals surface area contributed by atoms with Gasteiger partial charge in [-0.25, -0.2) is 0 Å². The van der Waals surface area contributed by atoms with Crippen LogP contribution in [0.25, 0.3) is 0 Å². The minimum Gasteiger partial charge on any atom is -0.390 e. The van der Waals surface area contributed by atoms with Gasteiger partial charge < -0.3 is 9.63 Å². The third kappa shape index (κ3) is 2.44. The normalized spacial score (nSPS) is 52.3. The molecule has 0 radical (unpaired) electrons. The van der Waals surface area contributed by atoms with Gasteiger partial charge in [-0.2, -0.15) is 0 Å². The van der Waals surface area contributed by atoms with Crippen LogP contribution in [-0.4, -0.2) is 15.9 Å². The lowest BCUT2D eigenvalue weighted by molar-refractivity contribution is -0.0960. The quantitative estimate of drug-likeness (QED) is 0.766. The van der Waals surface area contributed by atoms with Gasteiger partial charge in [0, 0.05) is 12.0 Å². The standard InChI is InChI=1S/C22H33NO2/c1-21(24)10-7-15-14(13-21)3-4-17-16(15)8-11-22(2)18(17)5-6-19(22)20-9-12-25-23-20/h9,12,14-19,24H,3-8,10-11,13H2,1-2H3/t14-,15-,16+,17+,18-,19+,21+,22-/m0/s1. The molecule has 0 spiro atoms. The van der Waals surface area contributed by atoms with Crippen molar-refractivity contribution >= 4 is 0 Å². The van der Waals surface area contributed by atoms with E-state index in [1.54, 1.807) is 6.26 Å². The number of rotatable bonds is 1. The Kier molecular flexibility index (Phi) is 3.65. The maximum atomic E-state index is 10.5. The molecule has 4 saturated carbocycles. The summed E-state index contributed by atoms with van der Waals surface area (Å²) in [4.78, 5) is 0. The molecule has 4 aliphatic carbocycles. The predicted octanol–water partition coefficient (Wildman–Crippen LogP) is 5.16. The summed E-state index contributed by atoms with van der Waals surface area (Å²) >= 11 is 0. The van der Waals surface area contributed by atoms with E-state index in [9.17, 15) is 5.11 Å². The summed E-state index contributed by atoms with van der Waals surface area (Å²) in [7, 11) is 0. The van der Waals surface area contributed by atoms with Crippen LogP contribution in [0.1, 0.15) is 83.2 Å². The lowest BCUT2D eigenvalue weighted by Crippen LogP contribution is -2.50. The Balaban J connectivity index is 1.39. The van der Waals surface area contributed by atoms with E-state index in [0.29, 0.717) is 11.3 Å². The second-order valence-corrected chi connectivity index (χ2v) is 10.3. The average molecular weight is 344 g/mol. The van der Waals surface area contributed by atoms with E-state index < -0.39 is 5.60 Å². The van der Waals surface area contributed by atoms with Crippen LogP contribution >= 0.6 is 0 Å². The van der Waals surface area contributed by atoms with Crippen molar-refractivity contribution in [2.75, 3.05) is 0 Å². The van der Waals surface area contributed by atoms with Crippen LogP contribution in [0.3, 0.4) is 0 Å². The minimum absolute atomic E-state index is 0.400. The van der Waals surface area contributed by atoms with Crippen molar-refractivity contribution in [3.63, 3.8) is 0 Å². The number of fused-ring (bicyclic) bond motifs is 5. The highest BCUT2D eigenvalue weighted by Crippen LogP contribution is 2.66. The van der Waals surface area contributed by atoms with E-state index in [2.05, 4.69) is 25.1 Å². The summed E-state index contributed by atoms with van der Waals surface area (Å²) in [5, 5.41) is 14.8. The zero-order valence-electron chi connectivity index (χ0n) is 15.8. The first-order chi connectivity index (χ1) is 12.0. The van der Waals surface area contributed by atoms with Crippen LogP contribution in [0.5, 0.6) is 0 Å². The van der Waals surface area contributed by atoms with E-state index in [1.165, 1.54) is 50.6 Å². The molecule has 4 aliphatic rings. The van der Waals surface area contributed by atoms with Crippen molar-refractivity contribution in [3.05, 3.63) is 18.0 Å². The van der Waals surface area contributed by atoms with Gasteiger partial charge in [-0.15, -0.1) is 0 Å². The molecular formula is C22H33NO2. The van der Waals surface area contributed by atoms with E-state index in [0.717, 1.165) is 42.4 Å². The maximum absolute atomic E-state index is 10.5. The number of hydrogen-bond donors (Lipinski definition) is 1. The van der Waals surface area contributed by atoms with Crippen LogP contribution in [0.2, 0.25) is 0 Å². The van der Waals surface area contributed by atoms with Gasteiger partial charge in [-0.3, -0.25) is 0 Å². The Labute approximate surface area is 151 Å². The maximum Gasteiger partial charge on any atom is 0.124 e. The third-order valence-corrected chi connectivity index (χ3v) is 9.05. The molecule has 25 heavy (non-hydrogen) atoms. The largest absolute Gasteiger partial charge is 0.390 e. The van der Waals surface area contributed by atoms with Crippen LogP contribution in [0.15, 0.2) is 16.9 Å². The first kappa shape index (κ1) is 16.4. The number of hydrogen-bond acceptors (Lipinski definition) is 3. The minimum atomic E-state index is -0.400. The van der Waals surface area contributed by atoms with Gasteiger partial charge in [-0.1, -0.05) is 12.1 Å². The summed E-state index contributed by atoms with van der Waals surface area (Å²) in [5.74, 6) is 4.97. The van der Waals surface area contributed by atoms with Crippen molar-refractivity contribution in [2.24, 2.45) is 35.0 Å². The van der Waals surface area contributed by atoms with Gasteiger partial charge in [0.05, 0.1) is 11.3 Å². The number of aromatic nitrogens is 1. The summed E-state index contributed by atoms with van der Waals surface area (Å²) in [5.41, 5.74) is 1.22. The first-order valence-corrected chi connectivity index (χ1v) is 10.6. The van der Waals surface area contributed by atoms with Gasteiger partial charge in [0.15, 0.2) is 0 Å². The SMILES string of the molecule is C[C@@]1(O)CC[C@H]2[C@@H](CC[C@@H]3[C@@H]2CC[C@]2(C)[C@@H](c4ccon4)CC[C@@H]32)C1. The summed E-state index contributed by atoms with van der Waals surface area (Å²) in [6, 6.07) is 2.10. The lowest BCUT2D eigenvalue weighted by atomic mass is 9.49. The van der Waals surface area contributed by atoms with Gasteiger partial charge >= 0.3 is 0 Å². The molecule has 0 bridgehead atoms. The van der Waals surface area contributed by atoms with E-state index in [1.807, 2.05) is 0 Å². The molecule has 3 nitrogen and oxygen atoms in total. The molecule has 0 aromatic carbocycles. The summed E-state index contributed by atoms with van der Waals surface area (Å²) < 4.78 is 5.17. The molecule has 0 saturated heterocycles. The number of nitrogens with zero attached hydrogens (tertiary/aromatic N) is 1. The molecule has 0 amide bonds. The zero-order chi connectivity index (χ0) is 17.2. The molecule has 5 rings (SSSR count). The van der Waals surface area contributed by atoms with Crippen LogP contribution in [-0.2, 0) is 0 Å². The van der Waals surface area contributed by atoms with Crippen molar-refractivity contribution in [3.8, 4) is 0 Å². The zero-order valence-corrected chi connectivity index (χ0v) is 15.8. The lowest BCUT2D eigenvalue weighted by Gasteiger charge is -2.56. The fourth-order valence-electron chi connectivity index (χ4n) is 7.97. The monoisotopic (exact) mass is 343 g/mol. The molecule has 8 atom stereocenters. The summed E-state index contributed by atoms with van der Waals surface area (Å²) in [6.07, 6.45) is 13.2. The molecule has 138 valence electrons. The third-order valence-electron chi connectivity index (χ3n) is 9.05. The van der Waals surface area contributed by atoms with Crippen molar-refractivity contribution in [2.45, 2.75) is 83.2 Å². The highest BCUT2D eigenvalue weighted by atomic mass is 16.5. The Morgan fingerprint density at radius 3 is 2.64 bits per heavy atom. The van der Waals surface area contributed by atoms with E-state index >= 15 is 0 Å². The molecule has 0 unspecified atom stereocenters. The number of aliphatic hydroxyl groups is 1. The Morgan fingerprint density at radius 2 is 1.84 bits per heavy atom. The molecule has 1 aromatic heterocycles. The Morgan fingerprint density at radius 1 is 1.00 bits per heavy atom. The highest BCUT2D eigenvalue weighted by Gasteiger charge is 2.58. The van der Waals surface area contributed by atoms with Crippen LogP contribution in [0.4, 0.5) is 0 Å². The van der Waals surface area contributed by atoms with Crippen molar-refractivity contribution in [1.82, 2.24) is 5.16 Å². The van der Waals surface area contributed by atoms with Crippen molar-refractivity contribution < 1.29 is 9.63 Å². The fraction of sp³-hybridized carbons (Fsp3) is 0.864. The molecule has 1 N–H and O–H groups in total. The second-order valence-electron chi connectivity index (χ2n) is 10.3. The van der Waals surface area contributed by atoms with Crippen LogP contribution in [0, 0.1) is 35.0 Å². The molecular weight excluding hydrogens is 310 g/mol. The van der Waals surface area contributed by atoms with Gasteiger partial charge in [0.1, 0.15) is 6.26 Å². The van der Waals surface area contributed by atoms with Gasteiger partial charge in [0.25, 0.3) is 0 Å². The molecule has 1 aromatic rings. The fourth-order valence-corrected chi connectivity index (χ4v) is 7.97. The molecule has 1 heterocycles. The second kappa shape index (κ2) is 5.58.